The van der Waals surface area contributed by atoms with Gasteiger partial charge in [-0.15, -0.1) is 0 Å². The summed E-state index contributed by atoms with van der Waals surface area (Å²) >= 11 is 6.20. The van der Waals surface area contributed by atoms with Gasteiger partial charge in [0, 0.05) is 18.2 Å². The number of methoxy groups -OCH3 is 1. The zero-order valence-electron chi connectivity index (χ0n) is 23.2. The molecule has 4 rings (SSSR count). The number of benzene rings is 2. The summed E-state index contributed by atoms with van der Waals surface area (Å²) < 4.78 is 100. The Morgan fingerprint density at radius 2 is 1.98 bits per heavy atom. The van der Waals surface area contributed by atoms with Crippen LogP contribution in [0.25, 0.3) is 11.6 Å². The fraction of sp³-hybridized carbons (Fsp3) is 0.310. The van der Waals surface area contributed by atoms with Gasteiger partial charge >= 0.3 is 12.1 Å². The third-order valence-corrected chi connectivity index (χ3v) is 8.64. The average molecular weight is 643 g/mol. The molecule has 2 heterocycles. The number of pyridine rings is 1. The van der Waals surface area contributed by atoms with Gasteiger partial charge in [0.2, 0.25) is 5.88 Å². The first kappa shape index (κ1) is 32.1. The molecule has 1 unspecified atom stereocenters. The number of rotatable bonds is 9. The van der Waals surface area contributed by atoms with Crippen molar-refractivity contribution in [2.45, 2.75) is 43.9 Å². The number of hydrogen-bond acceptors (Lipinski definition) is 7. The Hall–Kier alpha value is -3.84. The van der Waals surface area contributed by atoms with Crippen molar-refractivity contribution >= 4 is 44.9 Å². The van der Waals surface area contributed by atoms with E-state index in [0.717, 1.165) is 4.31 Å². The highest BCUT2D eigenvalue weighted by Crippen LogP contribution is 2.42. The largest absolute Gasteiger partial charge is 0.486 e. The van der Waals surface area contributed by atoms with Crippen LogP contribution in [0.15, 0.2) is 53.6 Å². The van der Waals surface area contributed by atoms with Gasteiger partial charge in [0.25, 0.3) is 10.0 Å². The maximum atomic E-state index is 14.5. The van der Waals surface area contributed by atoms with Crippen LogP contribution in [0, 0.1) is 5.82 Å². The molecule has 14 heteroatoms. The summed E-state index contributed by atoms with van der Waals surface area (Å²) in [5, 5.41) is 0.174. The smallest absolute Gasteiger partial charge is 0.417 e. The topological polar surface area (TPSA) is 95.0 Å². The first-order chi connectivity index (χ1) is 20.3. The molecule has 0 aliphatic carbocycles. The number of alkyl halides is 3. The Balaban J connectivity index is 1.85. The fourth-order valence-corrected chi connectivity index (χ4v) is 6.43. The normalized spacial score (nSPS) is 15.5. The van der Waals surface area contributed by atoms with Gasteiger partial charge in [0.1, 0.15) is 17.7 Å². The lowest BCUT2D eigenvalue weighted by Crippen LogP contribution is -2.44. The Labute approximate surface area is 250 Å². The maximum absolute atomic E-state index is 14.5. The first-order valence-electron chi connectivity index (χ1n) is 13.0. The number of carbonyl (C=O) groups excluding carboxylic acids is 1. The molecule has 0 radical (unpaired) electrons. The van der Waals surface area contributed by atoms with Crippen molar-refractivity contribution in [3.8, 4) is 11.6 Å². The molecule has 0 saturated heterocycles. The van der Waals surface area contributed by atoms with Crippen molar-refractivity contribution in [3.63, 3.8) is 0 Å². The molecule has 0 fully saturated rings. The third-order valence-electron chi connectivity index (χ3n) is 6.55. The van der Waals surface area contributed by atoms with E-state index in [1.165, 1.54) is 44.4 Å². The highest BCUT2D eigenvalue weighted by atomic mass is 35.5. The van der Waals surface area contributed by atoms with Crippen LogP contribution < -0.4 is 13.8 Å². The average Bonchev–Trinajstić information content (AvgIpc) is 2.95. The van der Waals surface area contributed by atoms with Crippen molar-refractivity contribution in [1.29, 1.82) is 0 Å². The van der Waals surface area contributed by atoms with Crippen molar-refractivity contribution < 1.29 is 45.0 Å². The van der Waals surface area contributed by atoms with Crippen molar-refractivity contribution in [3.05, 3.63) is 76.2 Å². The number of halogens is 5. The summed E-state index contributed by atoms with van der Waals surface area (Å²) in [4.78, 5) is 14.6. The van der Waals surface area contributed by atoms with Gasteiger partial charge in [-0.3, -0.25) is 9.10 Å². The second-order valence-corrected chi connectivity index (χ2v) is 11.7. The van der Waals surface area contributed by atoms with Gasteiger partial charge in [-0.05, 0) is 61.7 Å². The number of esters is 1. The summed E-state index contributed by atoms with van der Waals surface area (Å²) in [7, 11) is -3.55. The molecule has 0 N–H and O–H groups in total. The van der Waals surface area contributed by atoms with E-state index in [2.05, 4.69) is 9.72 Å². The fourth-order valence-electron chi connectivity index (χ4n) is 4.51. The van der Waals surface area contributed by atoms with E-state index in [4.69, 9.17) is 21.1 Å². The number of allylic oxidation sites excluding steroid dienone is 1. The number of ether oxygens (including phenoxy) is 3. The number of aromatic nitrogens is 1. The van der Waals surface area contributed by atoms with Gasteiger partial charge in [-0.1, -0.05) is 29.8 Å². The Bertz CT molecular complexity index is 1640. The van der Waals surface area contributed by atoms with Crippen LogP contribution in [-0.2, 0) is 25.7 Å². The van der Waals surface area contributed by atoms with Gasteiger partial charge < -0.3 is 14.2 Å². The summed E-state index contributed by atoms with van der Waals surface area (Å²) in [5.74, 6) is -1.51. The van der Waals surface area contributed by atoms with Gasteiger partial charge in [0.15, 0.2) is 4.90 Å². The van der Waals surface area contributed by atoms with E-state index >= 15 is 0 Å². The minimum absolute atomic E-state index is 0.00959. The number of sulfonamides is 1. The summed E-state index contributed by atoms with van der Waals surface area (Å²) in [6.45, 7) is 2.75. The quantitative estimate of drug-likeness (QED) is 0.145. The van der Waals surface area contributed by atoms with Crippen LogP contribution in [0.1, 0.15) is 43.4 Å². The van der Waals surface area contributed by atoms with Crippen LogP contribution in [0.2, 0.25) is 5.02 Å². The predicted octanol–water partition coefficient (Wildman–Crippen LogP) is 6.76. The highest BCUT2D eigenvalue weighted by Gasteiger charge is 2.39. The summed E-state index contributed by atoms with van der Waals surface area (Å²) in [6, 6.07) is 9.24. The molecule has 43 heavy (non-hydrogen) atoms. The van der Waals surface area contributed by atoms with Crippen LogP contribution >= 0.6 is 11.6 Å². The van der Waals surface area contributed by atoms with E-state index in [1.807, 2.05) is 0 Å². The molecule has 0 saturated carbocycles. The Kier molecular flexibility index (Phi) is 9.55. The molecule has 0 spiro atoms. The Morgan fingerprint density at radius 1 is 1.23 bits per heavy atom. The molecular formula is C29H27ClF4N2O6S. The summed E-state index contributed by atoms with van der Waals surface area (Å²) in [6.07, 6.45) is -3.69. The molecule has 2 aromatic carbocycles. The van der Waals surface area contributed by atoms with E-state index in [9.17, 15) is 30.8 Å². The van der Waals surface area contributed by atoms with Crippen molar-refractivity contribution in [2.75, 3.05) is 24.6 Å². The standard InChI is InChI=1S/C29H27ClF4N2O6S/c1-4-41-28-25(14-19(15-35-28)29(32,33)34)43(38,39)36-16-20(9-11-26(37)40-3)42-24-10-8-18(13-23(24)36)12-17(2)27-21(30)6-5-7-22(27)31/h5-8,10,12-15,20H,4,9,11,16H2,1-3H3/b17-12+. The van der Waals surface area contributed by atoms with Gasteiger partial charge in [-0.25, -0.2) is 17.8 Å². The third kappa shape index (κ3) is 7.04. The second-order valence-electron chi connectivity index (χ2n) is 9.50. The lowest BCUT2D eigenvalue weighted by atomic mass is 10.0. The zero-order valence-corrected chi connectivity index (χ0v) is 24.8. The van der Waals surface area contributed by atoms with Gasteiger partial charge in [-0.2, -0.15) is 13.2 Å². The molecule has 8 nitrogen and oxygen atoms in total. The molecule has 0 amide bonds. The molecule has 0 bridgehead atoms. The Morgan fingerprint density at radius 3 is 2.63 bits per heavy atom. The number of hydrogen-bond donors (Lipinski definition) is 0. The van der Waals surface area contributed by atoms with Crippen molar-refractivity contribution in [1.82, 2.24) is 4.98 Å². The summed E-state index contributed by atoms with van der Waals surface area (Å²) in [5.41, 5.74) is -0.248. The van der Waals surface area contributed by atoms with Crippen LogP contribution in [0.4, 0.5) is 23.2 Å². The molecule has 1 aliphatic heterocycles. The lowest BCUT2D eigenvalue weighted by molar-refractivity contribution is -0.141. The lowest BCUT2D eigenvalue weighted by Gasteiger charge is -2.36. The number of fused-ring (bicyclic) bond motifs is 1. The molecule has 230 valence electrons. The molecule has 1 aromatic heterocycles. The minimum Gasteiger partial charge on any atom is -0.486 e. The van der Waals surface area contributed by atoms with E-state index in [0.29, 0.717) is 23.4 Å². The second kappa shape index (κ2) is 12.8. The molecule has 1 aliphatic rings. The molecule has 3 aromatic rings. The number of carbonyl (C=O) groups is 1. The predicted molar refractivity (Wildman–Crippen MR) is 152 cm³/mol. The zero-order chi connectivity index (χ0) is 31.5. The van der Waals surface area contributed by atoms with E-state index in [-0.39, 0.29) is 48.0 Å². The van der Waals surface area contributed by atoms with Crippen molar-refractivity contribution in [2.24, 2.45) is 0 Å². The first-order valence-corrected chi connectivity index (χ1v) is 14.8. The van der Waals surface area contributed by atoms with E-state index < -0.39 is 50.4 Å². The van der Waals surface area contributed by atoms with E-state index in [1.54, 1.807) is 19.1 Å². The van der Waals surface area contributed by atoms with Crippen LogP contribution in [0.3, 0.4) is 0 Å². The highest BCUT2D eigenvalue weighted by molar-refractivity contribution is 7.93. The SMILES string of the molecule is CCOc1ncc(C(F)(F)F)cc1S(=O)(=O)N1CC(CCC(=O)OC)Oc2ccc(/C=C(\C)c3c(F)cccc3Cl)cc21. The number of anilines is 1. The van der Waals surface area contributed by atoms with Gasteiger partial charge in [0.05, 0.1) is 36.5 Å². The maximum Gasteiger partial charge on any atom is 0.417 e. The van der Waals surface area contributed by atoms with Crippen LogP contribution in [-0.4, -0.2) is 45.7 Å². The van der Waals surface area contributed by atoms with Crippen LogP contribution in [0.5, 0.6) is 11.6 Å². The molecular weight excluding hydrogens is 616 g/mol. The molecule has 1 atom stereocenters. The monoisotopic (exact) mass is 642 g/mol. The number of nitrogens with zero attached hydrogens (tertiary/aromatic N) is 2. The minimum atomic E-state index is -4.88.